The van der Waals surface area contributed by atoms with Gasteiger partial charge in [-0.25, -0.2) is 0 Å². The largest absolute Gasteiger partial charge is 0.466 e. The quantitative estimate of drug-likeness (QED) is 0.311. The zero-order valence-corrected chi connectivity index (χ0v) is 19.7. The minimum Gasteiger partial charge on any atom is -0.466 e. The van der Waals surface area contributed by atoms with Crippen LogP contribution in [-0.4, -0.2) is 13.6 Å². The minimum absolute atomic E-state index is 0.0246. The van der Waals surface area contributed by atoms with Crippen molar-refractivity contribution in [1.29, 1.82) is 0 Å². The van der Waals surface area contributed by atoms with E-state index in [1.807, 2.05) is 12.1 Å². The molecule has 0 radical (unpaired) electrons. The fourth-order valence-electron chi connectivity index (χ4n) is 7.37. The number of hydrogen-bond donors (Lipinski definition) is 0. The van der Waals surface area contributed by atoms with Crippen molar-refractivity contribution in [3.05, 3.63) is 103 Å². The summed E-state index contributed by atoms with van der Waals surface area (Å²) < 4.78 is 13.3. The summed E-state index contributed by atoms with van der Waals surface area (Å²) in [7, 11) is 0. The van der Waals surface area contributed by atoms with Gasteiger partial charge in [-0.15, -0.1) is 0 Å². The Morgan fingerprint density at radius 2 is 1.24 bits per heavy atom. The SMILES string of the molecule is c1ccc2c(c1)B1c3ccccc3-c3ccc4c5c3N1c1c(cccc1-2)B5c1oc2ccccc2c1O4. The van der Waals surface area contributed by atoms with Crippen LogP contribution in [0.2, 0.25) is 0 Å². The highest BCUT2D eigenvalue weighted by Gasteiger charge is 2.52. The van der Waals surface area contributed by atoms with Crippen LogP contribution in [0.15, 0.2) is 108 Å². The summed E-state index contributed by atoms with van der Waals surface area (Å²) in [5.41, 5.74) is 14.7. The van der Waals surface area contributed by atoms with Crippen molar-refractivity contribution < 1.29 is 9.15 Å². The first-order valence-corrected chi connectivity index (χ1v) is 12.9. The van der Waals surface area contributed by atoms with Crippen molar-refractivity contribution in [2.75, 3.05) is 4.81 Å². The lowest BCUT2D eigenvalue weighted by Crippen LogP contribution is -2.68. The molecule has 5 aromatic carbocycles. The van der Waals surface area contributed by atoms with E-state index >= 15 is 0 Å². The van der Waals surface area contributed by atoms with Crippen LogP contribution in [-0.2, 0) is 0 Å². The highest BCUT2D eigenvalue weighted by atomic mass is 16.5. The molecule has 0 saturated carbocycles. The maximum Gasteiger partial charge on any atom is 0.329 e. The second-order valence-electron chi connectivity index (χ2n) is 10.4. The molecule has 4 aliphatic rings. The molecule has 0 unspecified atom stereocenters. The summed E-state index contributed by atoms with van der Waals surface area (Å²) >= 11 is 0. The normalized spacial score (nSPS) is 14.5. The van der Waals surface area contributed by atoms with Crippen LogP contribution in [0.3, 0.4) is 0 Å². The van der Waals surface area contributed by atoms with E-state index in [-0.39, 0.29) is 13.6 Å². The highest BCUT2D eigenvalue weighted by molar-refractivity contribution is 7.02. The van der Waals surface area contributed by atoms with Crippen molar-refractivity contribution in [1.82, 2.24) is 0 Å². The lowest BCUT2D eigenvalue weighted by molar-refractivity contribution is 0.482. The van der Waals surface area contributed by atoms with Gasteiger partial charge in [-0.3, -0.25) is 0 Å². The first kappa shape index (κ1) is 18.6. The van der Waals surface area contributed by atoms with Crippen molar-refractivity contribution in [3.8, 4) is 33.8 Å². The first-order valence-electron chi connectivity index (χ1n) is 12.9. The van der Waals surface area contributed by atoms with E-state index in [1.165, 1.54) is 55.5 Å². The highest BCUT2D eigenvalue weighted by Crippen LogP contribution is 2.49. The van der Waals surface area contributed by atoms with Gasteiger partial charge < -0.3 is 14.0 Å². The first-order chi connectivity index (χ1) is 18.4. The molecule has 4 aliphatic heterocycles. The Morgan fingerprint density at radius 1 is 0.568 bits per heavy atom. The molecule has 0 aliphatic carbocycles. The maximum atomic E-state index is 6.68. The molecule has 10 rings (SSSR count). The van der Waals surface area contributed by atoms with Crippen LogP contribution in [0, 0.1) is 0 Å². The van der Waals surface area contributed by atoms with Crippen molar-refractivity contribution in [3.63, 3.8) is 0 Å². The van der Waals surface area contributed by atoms with Crippen LogP contribution in [0.25, 0.3) is 33.2 Å². The average molecular weight is 469 g/mol. The molecule has 1 aromatic heterocycles. The zero-order valence-electron chi connectivity index (χ0n) is 19.7. The number of fused-ring (bicyclic) bond motifs is 11. The molecule has 0 spiro atoms. The number of nitrogens with zero attached hydrogens (tertiary/aromatic N) is 1. The summed E-state index contributed by atoms with van der Waals surface area (Å²) in [6, 6.07) is 37.2. The Hall–Kier alpha value is -4.63. The van der Waals surface area contributed by atoms with Gasteiger partial charge in [0.05, 0.1) is 5.39 Å². The van der Waals surface area contributed by atoms with E-state index in [4.69, 9.17) is 9.15 Å². The molecule has 0 amide bonds. The van der Waals surface area contributed by atoms with Crippen molar-refractivity contribution >= 4 is 63.4 Å². The fraction of sp³-hybridized carbons (Fsp3) is 0. The monoisotopic (exact) mass is 469 g/mol. The molecule has 0 saturated heterocycles. The number of furan rings is 1. The van der Waals surface area contributed by atoms with Gasteiger partial charge in [0.15, 0.2) is 5.75 Å². The third kappa shape index (κ3) is 2.03. The molecule has 0 bridgehead atoms. The molecule has 0 fully saturated rings. The summed E-state index contributed by atoms with van der Waals surface area (Å²) in [6.07, 6.45) is 0. The van der Waals surface area contributed by atoms with Crippen molar-refractivity contribution in [2.45, 2.75) is 0 Å². The molecule has 5 heterocycles. The van der Waals surface area contributed by atoms with Gasteiger partial charge in [0.2, 0.25) is 0 Å². The van der Waals surface area contributed by atoms with Gasteiger partial charge in [-0.05, 0) is 51.8 Å². The number of anilines is 2. The van der Waals surface area contributed by atoms with Gasteiger partial charge in [0, 0.05) is 28.0 Å². The Labute approximate surface area is 214 Å². The topological polar surface area (TPSA) is 25.6 Å². The van der Waals surface area contributed by atoms with Crippen LogP contribution in [0.4, 0.5) is 11.4 Å². The molecule has 3 nitrogen and oxygen atoms in total. The molecule has 37 heavy (non-hydrogen) atoms. The van der Waals surface area contributed by atoms with E-state index in [1.54, 1.807) is 0 Å². The van der Waals surface area contributed by atoms with Gasteiger partial charge in [-0.2, -0.15) is 0 Å². The van der Waals surface area contributed by atoms with E-state index < -0.39 is 0 Å². The Kier molecular flexibility index (Phi) is 3.11. The number of para-hydroxylation sites is 2. The molecule has 6 aromatic rings. The molecule has 5 heteroatoms. The van der Waals surface area contributed by atoms with E-state index in [2.05, 4.69) is 95.8 Å². The molecule has 0 atom stereocenters. The second-order valence-corrected chi connectivity index (χ2v) is 10.4. The Morgan fingerprint density at radius 3 is 2.08 bits per heavy atom. The zero-order chi connectivity index (χ0) is 23.8. The van der Waals surface area contributed by atoms with Crippen LogP contribution >= 0.6 is 0 Å². The van der Waals surface area contributed by atoms with Crippen LogP contribution < -0.4 is 37.1 Å². The number of rotatable bonds is 0. The minimum atomic E-state index is -0.0246. The lowest BCUT2D eigenvalue weighted by Gasteiger charge is -2.49. The van der Waals surface area contributed by atoms with Gasteiger partial charge in [0.1, 0.15) is 17.0 Å². The summed E-state index contributed by atoms with van der Waals surface area (Å²) in [5.74, 6) is 1.78. The average Bonchev–Trinajstić information content (AvgIpc) is 3.33. The summed E-state index contributed by atoms with van der Waals surface area (Å²) in [5, 5.41) is 1.03. The smallest absolute Gasteiger partial charge is 0.329 e. The molecule has 168 valence electrons. The summed E-state index contributed by atoms with van der Waals surface area (Å²) in [4.78, 5) is 2.59. The Bertz CT molecular complexity index is 2010. The molecule has 0 N–H and O–H groups in total. The van der Waals surface area contributed by atoms with Gasteiger partial charge in [0.25, 0.3) is 0 Å². The van der Waals surface area contributed by atoms with Crippen LogP contribution in [0.5, 0.6) is 11.5 Å². The molecular formula is C32H17B2NO2. The lowest BCUT2D eigenvalue weighted by atomic mass is 9.32. The second kappa shape index (κ2) is 6.19. The Balaban J connectivity index is 1.42. The maximum absolute atomic E-state index is 6.68. The standard InChI is InChI=1S/C32H17B2NO2/c1-4-12-23-18(8-1)20-11-7-14-25-29(20)35-30-21(19-9-2-5-13-24(19)34(23)35)16-17-27-28(30)33(25)32-31(36-27)22-10-3-6-15-26(22)37-32/h1-17H. The molecular weight excluding hydrogens is 452 g/mol. The fourth-order valence-corrected chi connectivity index (χ4v) is 7.37. The predicted molar refractivity (Wildman–Crippen MR) is 152 cm³/mol. The van der Waals surface area contributed by atoms with E-state index in [0.29, 0.717) is 0 Å². The predicted octanol–water partition coefficient (Wildman–Crippen LogP) is 4.27. The third-order valence-electron chi connectivity index (χ3n) is 8.72. The summed E-state index contributed by atoms with van der Waals surface area (Å²) in [6.45, 7) is 0.0848. The van der Waals surface area contributed by atoms with Crippen molar-refractivity contribution in [2.24, 2.45) is 0 Å². The number of ether oxygens (including phenoxy) is 1. The van der Waals surface area contributed by atoms with Gasteiger partial charge in [-0.1, -0.05) is 78.9 Å². The number of hydrogen-bond acceptors (Lipinski definition) is 3. The third-order valence-corrected chi connectivity index (χ3v) is 8.72. The van der Waals surface area contributed by atoms with Crippen LogP contribution in [0.1, 0.15) is 0 Å². The number of benzene rings is 5. The van der Waals surface area contributed by atoms with E-state index in [0.717, 1.165) is 28.1 Å². The van der Waals surface area contributed by atoms with Gasteiger partial charge >= 0.3 is 13.6 Å². The van der Waals surface area contributed by atoms with E-state index in [9.17, 15) is 0 Å².